The molecule has 2 aliphatic heterocycles. The molecule has 0 atom stereocenters. The molecule has 12 heteroatoms. The molecule has 1 amide bonds. The van der Waals surface area contributed by atoms with Crippen molar-refractivity contribution in [2.45, 2.75) is 31.5 Å². The molecule has 3 aromatic heterocycles. The van der Waals surface area contributed by atoms with Crippen molar-refractivity contribution < 1.29 is 18.0 Å². The fourth-order valence-corrected chi connectivity index (χ4v) is 4.87. The van der Waals surface area contributed by atoms with E-state index in [0.717, 1.165) is 24.2 Å². The van der Waals surface area contributed by atoms with Gasteiger partial charge in [-0.2, -0.15) is 18.3 Å². The lowest BCUT2D eigenvalue weighted by Gasteiger charge is -2.18. The Morgan fingerprint density at radius 2 is 2.05 bits per heavy atom. The number of pyridine rings is 1. The van der Waals surface area contributed by atoms with Gasteiger partial charge in [-0.3, -0.25) is 9.48 Å². The third-order valence-corrected chi connectivity index (χ3v) is 6.97. The van der Waals surface area contributed by atoms with Crippen LogP contribution in [0.3, 0.4) is 0 Å². The summed E-state index contributed by atoms with van der Waals surface area (Å²) in [7, 11) is 1.94. The Labute approximate surface area is 215 Å². The predicted octanol–water partition coefficient (Wildman–Crippen LogP) is 4.27. The summed E-state index contributed by atoms with van der Waals surface area (Å²) in [6, 6.07) is 1.21. The van der Waals surface area contributed by atoms with E-state index in [4.69, 9.17) is 11.6 Å². The van der Waals surface area contributed by atoms with Gasteiger partial charge in [-0.05, 0) is 42.5 Å². The van der Waals surface area contributed by atoms with Crippen molar-refractivity contribution in [1.29, 1.82) is 0 Å². The molecule has 1 aliphatic carbocycles. The average molecular weight is 530 g/mol. The Morgan fingerprint density at radius 1 is 1.24 bits per heavy atom. The first-order valence-corrected chi connectivity index (χ1v) is 12.2. The largest absolute Gasteiger partial charge is 0.419 e. The molecule has 0 saturated heterocycles. The highest BCUT2D eigenvalue weighted by Crippen LogP contribution is 2.43. The van der Waals surface area contributed by atoms with Crippen LogP contribution < -0.4 is 5.32 Å². The Kier molecular flexibility index (Phi) is 5.55. The molecule has 37 heavy (non-hydrogen) atoms. The minimum Gasteiger partial charge on any atom is -0.357 e. The van der Waals surface area contributed by atoms with Gasteiger partial charge >= 0.3 is 6.18 Å². The van der Waals surface area contributed by atoms with Crippen LogP contribution in [0.15, 0.2) is 65.6 Å². The first-order chi connectivity index (χ1) is 17.7. The highest BCUT2D eigenvalue weighted by atomic mass is 35.5. The Morgan fingerprint density at radius 3 is 2.81 bits per heavy atom. The van der Waals surface area contributed by atoms with Crippen molar-refractivity contribution in [3.8, 4) is 0 Å². The minimum absolute atomic E-state index is 0.131. The number of fused-ring (bicyclic) bond motifs is 2. The lowest BCUT2D eigenvalue weighted by molar-refractivity contribution is -0.136. The van der Waals surface area contributed by atoms with Crippen molar-refractivity contribution in [2.75, 3.05) is 20.3 Å². The van der Waals surface area contributed by atoms with Crippen LogP contribution in [0.1, 0.15) is 45.9 Å². The molecule has 3 aromatic rings. The van der Waals surface area contributed by atoms with E-state index in [2.05, 4.69) is 15.4 Å². The topological polar surface area (TPSA) is 70.7 Å². The smallest absolute Gasteiger partial charge is 0.357 e. The van der Waals surface area contributed by atoms with Gasteiger partial charge in [0.05, 0.1) is 54.2 Å². The molecular weight excluding hydrogens is 507 g/mol. The lowest BCUT2D eigenvalue weighted by Crippen LogP contribution is -2.30. The summed E-state index contributed by atoms with van der Waals surface area (Å²) in [6.45, 7) is 1.09. The fourth-order valence-electron chi connectivity index (χ4n) is 4.71. The number of imidazole rings is 1. The highest BCUT2D eigenvalue weighted by Gasteiger charge is 2.36. The van der Waals surface area contributed by atoms with E-state index in [9.17, 15) is 18.0 Å². The van der Waals surface area contributed by atoms with E-state index >= 15 is 0 Å². The van der Waals surface area contributed by atoms with Crippen LogP contribution in [0.4, 0.5) is 13.2 Å². The number of nitrogens with one attached hydrogen (secondary N) is 1. The van der Waals surface area contributed by atoms with Crippen molar-refractivity contribution in [1.82, 2.24) is 34.3 Å². The maximum Gasteiger partial charge on any atom is 0.419 e. The molecule has 6 rings (SSSR count). The molecule has 1 N–H and O–H groups in total. The molecule has 3 aliphatic rings. The molecule has 1 fully saturated rings. The SMILES string of the molecule is CN1CN2C=CC(Cl)=CC2=C1CNC(=O)c1cnn(Cc2cn3cc(C4CC4)cc(C(F)(F)F)c3n2)c1. The number of allylic oxidation sites excluding steroid dienone is 3. The van der Waals surface area contributed by atoms with E-state index < -0.39 is 11.7 Å². The van der Waals surface area contributed by atoms with E-state index in [-0.39, 0.29) is 24.0 Å². The highest BCUT2D eigenvalue weighted by molar-refractivity contribution is 6.31. The van der Waals surface area contributed by atoms with Gasteiger partial charge in [0.15, 0.2) is 0 Å². The quantitative estimate of drug-likeness (QED) is 0.516. The van der Waals surface area contributed by atoms with Crippen molar-refractivity contribution in [3.05, 3.63) is 88.0 Å². The molecule has 1 saturated carbocycles. The number of carbonyl (C=O) groups excluding carboxylic acids is 1. The number of likely N-dealkylation sites (N-methyl/N-ethyl adjacent to an activating group) is 1. The number of amides is 1. The summed E-state index contributed by atoms with van der Waals surface area (Å²) < 4.78 is 44.0. The van der Waals surface area contributed by atoms with Crippen molar-refractivity contribution in [3.63, 3.8) is 0 Å². The molecule has 0 spiro atoms. The number of hydrogen-bond donors (Lipinski definition) is 1. The summed E-state index contributed by atoms with van der Waals surface area (Å²) in [4.78, 5) is 21.1. The first kappa shape index (κ1) is 23.7. The number of alkyl halides is 3. The van der Waals surface area contributed by atoms with E-state index in [0.29, 0.717) is 35.1 Å². The van der Waals surface area contributed by atoms with Crippen LogP contribution in [0.5, 0.6) is 0 Å². The van der Waals surface area contributed by atoms with Crippen LogP contribution in [-0.2, 0) is 12.7 Å². The van der Waals surface area contributed by atoms with Crippen molar-refractivity contribution in [2.24, 2.45) is 0 Å². The molecular formula is C25H23ClF3N7O. The van der Waals surface area contributed by atoms with Crippen LogP contribution in [-0.4, -0.2) is 55.1 Å². The monoisotopic (exact) mass is 529 g/mol. The van der Waals surface area contributed by atoms with Gasteiger partial charge in [0.1, 0.15) is 5.65 Å². The maximum atomic E-state index is 13.7. The summed E-state index contributed by atoms with van der Waals surface area (Å²) in [5.74, 6) is -0.133. The summed E-state index contributed by atoms with van der Waals surface area (Å²) in [6.07, 6.45) is 9.17. The van der Waals surface area contributed by atoms with Crippen LogP contribution >= 0.6 is 11.6 Å². The number of aromatic nitrogens is 4. The summed E-state index contributed by atoms with van der Waals surface area (Å²) in [5.41, 5.74) is 2.43. The van der Waals surface area contributed by atoms with Crippen LogP contribution in [0, 0.1) is 0 Å². The predicted molar refractivity (Wildman–Crippen MR) is 130 cm³/mol. The summed E-state index contributed by atoms with van der Waals surface area (Å²) in [5, 5.41) is 7.74. The normalized spacial score (nSPS) is 17.6. The number of hydrogen-bond acceptors (Lipinski definition) is 5. The number of nitrogens with zero attached hydrogens (tertiary/aromatic N) is 6. The van der Waals surface area contributed by atoms with Gasteiger partial charge in [-0.15, -0.1) is 0 Å². The zero-order valence-electron chi connectivity index (χ0n) is 19.8. The zero-order valence-corrected chi connectivity index (χ0v) is 20.6. The molecule has 0 aromatic carbocycles. The molecule has 0 bridgehead atoms. The Hall–Kier alpha value is -3.73. The molecule has 0 unspecified atom stereocenters. The van der Waals surface area contributed by atoms with Crippen LogP contribution in [0.2, 0.25) is 0 Å². The average Bonchev–Trinajstić information content (AvgIpc) is 3.32. The van der Waals surface area contributed by atoms with E-state index in [1.54, 1.807) is 18.6 Å². The second-order valence-corrected chi connectivity index (χ2v) is 9.95. The Balaban J connectivity index is 1.17. The van der Waals surface area contributed by atoms with E-state index in [1.807, 2.05) is 35.2 Å². The molecule has 0 radical (unpaired) electrons. The standard InChI is InChI=1S/C25H23ClF3N7O/c1-33-14-34-5-4-18(26)7-21(34)22(33)9-30-24(37)17-8-31-36(11-17)13-19-12-35-10-16(15-2-3-15)6-20(23(35)32-19)25(27,28)29/h4-8,10-12,15H,2-3,9,13-14H2,1H3,(H,30,37). The fraction of sp³-hybridized carbons (Fsp3) is 0.320. The molecule has 8 nitrogen and oxygen atoms in total. The van der Waals surface area contributed by atoms with Crippen molar-refractivity contribution >= 4 is 23.2 Å². The molecule has 5 heterocycles. The number of rotatable bonds is 6. The second kappa shape index (κ2) is 8.69. The van der Waals surface area contributed by atoms with E-state index in [1.165, 1.54) is 21.3 Å². The van der Waals surface area contributed by atoms with Gasteiger partial charge in [-0.25, -0.2) is 4.98 Å². The van der Waals surface area contributed by atoms with Crippen LogP contribution in [0.25, 0.3) is 5.65 Å². The van der Waals surface area contributed by atoms with Gasteiger partial charge in [0.2, 0.25) is 0 Å². The third-order valence-electron chi connectivity index (χ3n) is 6.73. The van der Waals surface area contributed by atoms with Gasteiger partial charge < -0.3 is 19.5 Å². The maximum absolute atomic E-state index is 13.7. The zero-order chi connectivity index (χ0) is 25.9. The number of carbonyl (C=O) groups is 1. The third kappa shape index (κ3) is 4.59. The lowest BCUT2D eigenvalue weighted by atomic mass is 10.1. The number of halogens is 4. The minimum atomic E-state index is -4.50. The van der Waals surface area contributed by atoms with Gasteiger partial charge in [0.25, 0.3) is 5.91 Å². The molecule has 192 valence electrons. The second-order valence-electron chi connectivity index (χ2n) is 9.52. The van der Waals surface area contributed by atoms with Gasteiger partial charge in [-0.1, -0.05) is 11.6 Å². The summed E-state index contributed by atoms with van der Waals surface area (Å²) >= 11 is 6.14. The Bertz CT molecular complexity index is 1500. The first-order valence-electron chi connectivity index (χ1n) is 11.8. The van der Waals surface area contributed by atoms with Gasteiger partial charge in [0, 0.05) is 36.9 Å².